The molecule has 0 N–H and O–H groups in total. The third-order valence-corrected chi connectivity index (χ3v) is 18.4. The van der Waals surface area contributed by atoms with Crippen molar-refractivity contribution in [2.45, 2.75) is 26.2 Å². The average molecular weight is 1300 g/mol. The van der Waals surface area contributed by atoms with Gasteiger partial charge in [0.15, 0.2) is 0 Å². The highest BCUT2D eigenvalue weighted by molar-refractivity contribution is 6.31. The minimum atomic E-state index is -0.643. The van der Waals surface area contributed by atoms with Crippen molar-refractivity contribution in [1.29, 1.82) is 0 Å². The lowest BCUT2D eigenvalue weighted by Crippen LogP contribution is -2.19. The zero-order valence-electron chi connectivity index (χ0n) is 60.4. The summed E-state index contributed by atoms with van der Waals surface area (Å²) in [6.45, 7) is 6.47. The topological polar surface area (TPSA) is 6.48 Å². The van der Waals surface area contributed by atoms with Crippen molar-refractivity contribution < 1.29 is 8.22 Å². The van der Waals surface area contributed by atoms with Gasteiger partial charge in [0.05, 0.1) is 19.6 Å². The largest absolute Gasteiger partial charge is 0.309 e. The molecule has 15 rings (SSSR count). The van der Waals surface area contributed by atoms with Crippen molar-refractivity contribution in [2.24, 2.45) is 0 Å². The summed E-state index contributed by atoms with van der Waals surface area (Å²) < 4.78 is 58.6. The Bertz CT molecular complexity index is 5140. The SMILES string of the molecule is [2H]c1cc(N(c2cc(N(c3cc([2H])c([2H])c(Cl)c3[2H])c3c(-c4cccc(-c5ccccc5)c4)cc(-c4ccccc4)cc3-c3cccc(-c4ccccc4)c3)cc(C(C)(C)C)c2)c2c(-c3cccc(-c4ccccc4)c3)cc(-c3ccccc3)cc2-c2cccc(-c3ccccc3)c2)c([2H])c(Cl)c1[2H]. The maximum atomic E-state index is 10.4. The molecule has 0 saturated heterocycles. The van der Waals surface area contributed by atoms with E-state index in [1.807, 2.05) is 109 Å². The maximum absolute atomic E-state index is 10.4. The standard InChI is InChI=1S/C94H70Cl2N2/c1-94(2,3)81-60-86(97(84-50-26-48-82(95)62-84)92-88(75-44-22-40-71(52-75)65-28-10-4-11-29-65)56-79(69-36-18-8-19-37-69)57-89(92)76-45-23-41-72(53-76)66-30-12-5-13-31-66)64-87(61-81)98(85-51-27-49-83(96)63-85)93-90(77-46-24-42-73(54-77)67-32-14-6-15-33-67)58-80(70-38-20-9-21-39-70)59-91(93)78-47-25-43-74(55-78)68-34-16-7-17-35-68/h4-64H,1-3H3/i26D,27D,48D,49D,62D,63D. The number of benzene rings is 15. The predicted octanol–water partition coefficient (Wildman–Crippen LogP) is 27.9. The van der Waals surface area contributed by atoms with Crippen molar-refractivity contribution in [3.05, 3.63) is 386 Å². The van der Waals surface area contributed by atoms with Crippen molar-refractivity contribution >= 4 is 57.3 Å². The number of hydrogen-bond acceptors (Lipinski definition) is 2. The molecular weight excluding hydrogens is 1230 g/mol. The Morgan fingerprint density at radius 2 is 0.490 bits per heavy atom. The Morgan fingerprint density at radius 3 is 0.755 bits per heavy atom. The molecule has 0 unspecified atom stereocenters. The molecule has 0 saturated carbocycles. The highest BCUT2D eigenvalue weighted by Crippen LogP contribution is 2.55. The Labute approximate surface area is 594 Å². The predicted molar refractivity (Wildman–Crippen MR) is 419 cm³/mol. The van der Waals surface area contributed by atoms with Crippen LogP contribution in [0.2, 0.25) is 10.0 Å². The summed E-state index contributed by atoms with van der Waals surface area (Å²) in [5, 5.41) is -0.384. The summed E-state index contributed by atoms with van der Waals surface area (Å²) in [7, 11) is 0. The van der Waals surface area contributed by atoms with E-state index in [1.54, 1.807) is 12.1 Å². The zero-order chi connectivity index (χ0) is 71.8. The molecule has 0 bridgehead atoms. The molecule has 15 aromatic rings. The van der Waals surface area contributed by atoms with Crippen LogP contribution in [0.4, 0.5) is 34.1 Å². The summed E-state index contributed by atoms with van der Waals surface area (Å²) in [4.78, 5) is 4.10. The minimum Gasteiger partial charge on any atom is -0.309 e. The number of rotatable bonds is 16. The van der Waals surface area contributed by atoms with Gasteiger partial charge < -0.3 is 9.80 Å². The van der Waals surface area contributed by atoms with Crippen LogP contribution in [0.5, 0.6) is 0 Å². The Hall–Kier alpha value is -11.5. The molecule has 0 atom stereocenters. The first-order valence-corrected chi connectivity index (χ1v) is 33.7. The van der Waals surface area contributed by atoms with Crippen LogP contribution in [0.25, 0.3) is 111 Å². The summed E-state index contributed by atoms with van der Waals surface area (Å²) in [6.07, 6.45) is 0. The third-order valence-electron chi connectivity index (χ3n) is 18.0. The molecule has 0 amide bonds. The molecule has 0 aliphatic rings. The summed E-state index contributed by atoms with van der Waals surface area (Å²) in [5.41, 5.74) is 21.4. The van der Waals surface area contributed by atoms with Crippen LogP contribution in [0.15, 0.2) is 370 Å². The van der Waals surface area contributed by atoms with Gasteiger partial charge in [0.25, 0.3) is 0 Å². The van der Waals surface area contributed by atoms with Crippen LogP contribution in [0.1, 0.15) is 34.6 Å². The van der Waals surface area contributed by atoms with Gasteiger partial charge in [-0.15, -0.1) is 0 Å². The summed E-state index contributed by atoms with van der Waals surface area (Å²) in [6, 6.07) is 113. The quantitative estimate of drug-likeness (QED) is 0.0951. The summed E-state index contributed by atoms with van der Waals surface area (Å²) >= 11 is 14.6. The first kappa shape index (κ1) is 55.7. The zero-order valence-corrected chi connectivity index (χ0v) is 55.9. The van der Waals surface area contributed by atoms with Gasteiger partial charge in [-0.1, -0.05) is 311 Å². The monoisotopic (exact) mass is 1300 g/mol. The molecule has 0 aliphatic heterocycles. The van der Waals surface area contributed by atoms with Gasteiger partial charge in [0.2, 0.25) is 0 Å². The maximum Gasteiger partial charge on any atom is 0.0661 e. The fourth-order valence-electron chi connectivity index (χ4n) is 13.2. The van der Waals surface area contributed by atoms with E-state index in [-0.39, 0.29) is 57.7 Å². The second-order valence-corrected chi connectivity index (χ2v) is 26.2. The van der Waals surface area contributed by atoms with E-state index in [1.165, 1.54) is 0 Å². The number of anilines is 6. The van der Waals surface area contributed by atoms with Crippen molar-refractivity contribution in [3.63, 3.8) is 0 Å². The normalized spacial score (nSPS) is 12.2. The lowest BCUT2D eigenvalue weighted by atomic mass is 9.85. The van der Waals surface area contributed by atoms with Gasteiger partial charge in [-0.25, -0.2) is 0 Å². The Balaban J connectivity index is 1.12. The van der Waals surface area contributed by atoms with Crippen LogP contribution in [-0.4, -0.2) is 0 Å². The van der Waals surface area contributed by atoms with Crippen LogP contribution < -0.4 is 9.80 Å². The summed E-state index contributed by atoms with van der Waals surface area (Å²) in [5.74, 6) is 0. The second kappa shape index (κ2) is 27.7. The lowest BCUT2D eigenvalue weighted by Gasteiger charge is -2.36. The van der Waals surface area contributed by atoms with Gasteiger partial charge in [0, 0.05) is 55.0 Å². The van der Waals surface area contributed by atoms with E-state index in [9.17, 15) is 8.22 Å². The highest BCUT2D eigenvalue weighted by Gasteiger charge is 2.31. The molecule has 0 aliphatic carbocycles. The molecule has 0 fully saturated rings. The highest BCUT2D eigenvalue weighted by atomic mass is 35.5. The van der Waals surface area contributed by atoms with E-state index < -0.39 is 5.41 Å². The fourth-order valence-corrected chi connectivity index (χ4v) is 13.5. The van der Waals surface area contributed by atoms with Crippen LogP contribution in [0, 0.1) is 0 Å². The molecule has 0 heterocycles. The lowest BCUT2D eigenvalue weighted by molar-refractivity contribution is 0.590. The molecule has 470 valence electrons. The van der Waals surface area contributed by atoms with Gasteiger partial charge in [-0.05, 0) is 203 Å². The smallest absolute Gasteiger partial charge is 0.0661 e. The molecule has 2 nitrogen and oxygen atoms in total. The van der Waals surface area contributed by atoms with E-state index in [2.05, 4.69) is 243 Å². The van der Waals surface area contributed by atoms with Crippen molar-refractivity contribution in [2.75, 3.05) is 9.80 Å². The van der Waals surface area contributed by atoms with Crippen LogP contribution >= 0.6 is 23.2 Å². The van der Waals surface area contributed by atoms with Gasteiger partial charge in [-0.2, -0.15) is 0 Å². The van der Waals surface area contributed by atoms with Crippen LogP contribution in [-0.2, 0) is 5.41 Å². The van der Waals surface area contributed by atoms with E-state index >= 15 is 0 Å². The molecule has 0 radical (unpaired) electrons. The Kier molecular flexibility index (Phi) is 15.7. The van der Waals surface area contributed by atoms with Crippen molar-refractivity contribution in [1.82, 2.24) is 0 Å². The number of nitrogens with zero attached hydrogens (tertiary/aromatic N) is 2. The Morgan fingerprint density at radius 1 is 0.245 bits per heavy atom. The van der Waals surface area contributed by atoms with E-state index in [4.69, 9.17) is 23.2 Å². The second-order valence-electron chi connectivity index (χ2n) is 25.5. The van der Waals surface area contributed by atoms with Gasteiger partial charge >= 0.3 is 0 Å². The first-order valence-electron chi connectivity index (χ1n) is 35.9. The molecule has 4 heteroatoms. The molecule has 0 aromatic heterocycles. The van der Waals surface area contributed by atoms with E-state index in [0.29, 0.717) is 22.7 Å². The third kappa shape index (κ3) is 13.3. The first-order chi connectivity index (χ1) is 50.5. The van der Waals surface area contributed by atoms with Crippen molar-refractivity contribution in [3.8, 4) is 111 Å². The van der Waals surface area contributed by atoms with Gasteiger partial charge in [0.1, 0.15) is 0 Å². The molecule has 0 spiro atoms. The average Bonchev–Trinajstić information content (AvgIpc) is 0.735. The van der Waals surface area contributed by atoms with Crippen LogP contribution in [0.3, 0.4) is 0 Å². The minimum absolute atomic E-state index is 0.171. The molecule has 98 heavy (non-hydrogen) atoms. The molecule has 15 aromatic carbocycles. The molecular formula is C94H70Cl2N2. The van der Waals surface area contributed by atoms with Gasteiger partial charge in [-0.3, -0.25) is 0 Å². The number of hydrogen-bond donors (Lipinski definition) is 0. The number of halogens is 2. The fraction of sp³-hybridized carbons (Fsp3) is 0.0426. The van der Waals surface area contributed by atoms with E-state index in [0.717, 1.165) is 117 Å².